The maximum Gasteiger partial charge on any atom is 0.513 e. The molecule has 0 spiro atoms. The lowest BCUT2D eigenvalue weighted by Gasteiger charge is -2.34. The molecular formula is C24H26N2O5. The number of nitrogens with zero attached hydrogens (tertiary/aromatic N) is 2. The second-order valence-electron chi connectivity index (χ2n) is 7.12. The number of ether oxygens (including phenoxy) is 2. The summed E-state index contributed by atoms with van der Waals surface area (Å²) in [5.41, 5.74) is 2.62. The van der Waals surface area contributed by atoms with E-state index in [9.17, 15) is 14.4 Å². The summed E-state index contributed by atoms with van der Waals surface area (Å²) in [7, 11) is 0. The topological polar surface area (TPSA) is 76.2 Å². The van der Waals surface area contributed by atoms with Gasteiger partial charge >= 0.3 is 6.16 Å². The zero-order valence-corrected chi connectivity index (χ0v) is 17.7. The predicted octanol–water partition coefficient (Wildman–Crippen LogP) is 3.53. The van der Waals surface area contributed by atoms with E-state index in [2.05, 4.69) is 0 Å². The Morgan fingerprint density at radius 3 is 2.23 bits per heavy atom. The summed E-state index contributed by atoms with van der Waals surface area (Å²) in [6.45, 7) is 5.81. The van der Waals surface area contributed by atoms with Gasteiger partial charge in [0, 0.05) is 37.8 Å². The molecule has 2 amide bonds. The Hall–Kier alpha value is -3.61. The van der Waals surface area contributed by atoms with Crippen LogP contribution in [0.3, 0.4) is 0 Å². The predicted molar refractivity (Wildman–Crippen MR) is 117 cm³/mol. The van der Waals surface area contributed by atoms with Gasteiger partial charge in [0.15, 0.2) is 0 Å². The molecule has 2 aromatic carbocycles. The number of amides is 2. The smallest absolute Gasteiger partial charge is 0.434 e. The highest BCUT2D eigenvalue weighted by Gasteiger charge is 2.24. The van der Waals surface area contributed by atoms with Crippen molar-refractivity contribution in [3.8, 4) is 5.75 Å². The van der Waals surface area contributed by atoms with Crippen LogP contribution in [0.2, 0.25) is 0 Å². The average Bonchev–Trinajstić information content (AvgIpc) is 2.78. The normalized spacial score (nSPS) is 13.9. The van der Waals surface area contributed by atoms with E-state index >= 15 is 0 Å². The van der Waals surface area contributed by atoms with E-state index in [0.29, 0.717) is 37.5 Å². The van der Waals surface area contributed by atoms with Crippen LogP contribution in [0.1, 0.15) is 28.4 Å². The molecule has 1 aliphatic rings. The molecule has 7 heteroatoms. The largest absolute Gasteiger partial charge is 0.513 e. The summed E-state index contributed by atoms with van der Waals surface area (Å²) in [4.78, 5) is 40.0. The quantitative estimate of drug-likeness (QED) is 0.419. The fourth-order valence-electron chi connectivity index (χ4n) is 3.26. The first-order chi connectivity index (χ1) is 15.0. The molecule has 0 radical (unpaired) electrons. The van der Waals surface area contributed by atoms with Gasteiger partial charge < -0.3 is 19.3 Å². The molecule has 1 heterocycles. The van der Waals surface area contributed by atoms with Crippen LogP contribution >= 0.6 is 0 Å². The molecule has 0 aliphatic carbocycles. The SMILES string of the molecule is CCOC(=O)Oc1ccc(C(=O)N2CCN(C(=O)/C=C/c3ccccc3C)CC2)cc1. The molecule has 162 valence electrons. The summed E-state index contributed by atoms with van der Waals surface area (Å²) < 4.78 is 9.72. The molecule has 7 nitrogen and oxygen atoms in total. The molecule has 1 saturated heterocycles. The summed E-state index contributed by atoms with van der Waals surface area (Å²) in [5.74, 6) is 0.131. The van der Waals surface area contributed by atoms with E-state index in [1.807, 2.05) is 37.3 Å². The van der Waals surface area contributed by atoms with Crippen molar-refractivity contribution in [1.29, 1.82) is 0 Å². The number of aryl methyl sites for hydroxylation is 1. The number of carbonyl (C=O) groups excluding carboxylic acids is 3. The first-order valence-corrected chi connectivity index (χ1v) is 10.2. The lowest BCUT2D eigenvalue weighted by Crippen LogP contribution is -2.50. The standard InChI is InChI=1S/C24H26N2O5/c1-3-30-24(29)31-21-11-8-20(9-12-21)23(28)26-16-14-25(15-17-26)22(27)13-10-19-7-5-4-6-18(19)2/h4-13H,3,14-17H2,1-2H3/b13-10+. The molecule has 0 aromatic heterocycles. The number of hydrogen-bond acceptors (Lipinski definition) is 5. The summed E-state index contributed by atoms with van der Waals surface area (Å²) >= 11 is 0. The Balaban J connectivity index is 1.52. The van der Waals surface area contributed by atoms with Crippen molar-refractivity contribution in [2.24, 2.45) is 0 Å². The first kappa shape index (κ1) is 22.1. The molecule has 3 rings (SSSR count). The third-order valence-electron chi connectivity index (χ3n) is 5.04. The van der Waals surface area contributed by atoms with Crippen molar-refractivity contribution in [2.75, 3.05) is 32.8 Å². The van der Waals surface area contributed by atoms with Gasteiger partial charge in [-0.1, -0.05) is 24.3 Å². The second kappa shape index (κ2) is 10.4. The number of carbonyl (C=O) groups is 3. The Morgan fingerprint density at radius 2 is 1.58 bits per heavy atom. The molecule has 0 bridgehead atoms. The molecule has 0 saturated carbocycles. The van der Waals surface area contributed by atoms with Crippen LogP contribution < -0.4 is 4.74 Å². The maximum absolute atomic E-state index is 12.7. The van der Waals surface area contributed by atoms with Crippen molar-refractivity contribution in [3.63, 3.8) is 0 Å². The Kier molecular flexibility index (Phi) is 7.43. The minimum absolute atomic E-state index is 0.0594. The van der Waals surface area contributed by atoms with E-state index < -0.39 is 6.16 Å². The van der Waals surface area contributed by atoms with Gasteiger partial charge in [-0.25, -0.2) is 4.79 Å². The van der Waals surface area contributed by atoms with Gasteiger partial charge in [-0.05, 0) is 55.3 Å². The summed E-state index contributed by atoms with van der Waals surface area (Å²) in [6, 6.07) is 14.2. The Morgan fingerprint density at radius 1 is 0.935 bits per heavy atom. The van der Waals surface area contributed by atoms with Crippen molar-refractivity contribution in [2.45, 2.75) is 13.8 Å². The Labute approximate surface area is 181 Å². The molecule has 1 fully saturated rings. The van der Waals surface area contributed by atoms with Gasteiger partial charge in [0.05, 0.1) is 6.61 Å². The minimum Gasteiger partial charge on any atom is -0.434 e. The fourth-order valence-corrected chi connectivity index (χ4v) is 3.26. The highest BCUT2D eigenvalue weighted by Crippen LogP contribution is 2.16. The molecule has 2 aromatic rings. The van der Waals surface area contributed by atoms with Gasteiger partial charge in [0.25, 0.3) is 5.91 Å². The van der Waals surface area contributed by atoms with Crippen molar-refractivity contribution in [3.05, 3.63) is 71.3 Å². The third-order valence-corrected chi connectivity index (χ3v) is 5.04. The number of piperazine rings is 1. The van der Waals surface area contributed by atoms with Crippen molar-refractivity contribution in [1.82, 2.24) is 9.80 Å². The van der Waals surface area contributed by atoms with E-state index in [1.54, 1.807) is 47.1 Å². The van der Waals surface area contributed by atoms with Crippen molar-refractivity contribution < 1.29 is 23.9 Å². The lowest BCUT2D eigenvalue weighted by atomic mass is 10.1. The van der Waals surface area contributed by atoms with Crippen LogP contribution in [0.25, 0.3) is 6.08 Å². The average molecular weight is 422 g/mol. The van der Waals surface area contributed by atoms with Gasteiger partial charge in [0.2, 0.25) is 5.91 Å². The highest BCUT2D eigenvalue weighted by atomic mass is 16.7. The molecule has 1 aliphatic heterocycles. The second-order valence-corrected chi connectivity index (χ2v) is 7.12. The van der Waals surface area contributed by atoms with Crippen LogP contribution in [-0.2, 0) is 9.53 Å². The summed E-state index contributed by atoms with van der Waals surface area (Å²) in [5, 5.41) is 0. The highest BCUT2D eigenvalue weighted by molar-refractivity contribution is 5.95. The molecule has 31 heavy (non-hydrogen) atoms. The first-order valence-electron chi connectivity index (χ1n) is 10.2. The number of hydrogen-bond donors (Lipinski definition) is 0. The van der Waals surface area contributed by atoms with Crippen LogP contribution in [0.4, 0.5) is 4.79 Å². The van der Waals surface area contributed by atoms with Gasteiger partial charge in [-0.15, -0.1) is 0 Å². The van der Waals surface area contributed by atoms with Crippen LogP contribution in [0.15, 0.2) is 54.6 Å². The van der Waals surface area contributed by atoms with Crippen LogP contribution in [-0.4, -0.2) is 60.6 Å². The van der Waals surface area contributed by atoms with Crippen molar-refractivity contribution >= 4 is 24.0 Å². The van der Waals surface area contributed by atoms with Gasteiger partial charge in [0.1, 0.15) is 5.75 Å². The van der Waals surface area contributed by atoms with Crippen LogP contribution in [0, 0.1) is 6.92 Å². The van der Waals surface area contributed by atoms with E-state index in [4.69, 9.17) is 9.47 Å². The zero-order chi connectivity index (χ0) is 22.2. The number of benzene rings is 2. The fraction of sp³-hybridized carbons (Fsp3) is 0.292. The maximum atomic E-state index is 12.7. The van der Waals surface area contributed by atoms with E-state index in [-0.39, 0.29) is 18.4 Å². The van der Waals surface area contributed by atoms with Gasteiger partial charge in [-0.2, -0.15) is 0 Å². The number of rotatable bonds is 5. The molecule has 0 unspecified atom stereocenters. The van der Waals surface area contributed by atoms with E-state index in [1.165, 1.54) is 0 Å². The lowest BCUT2D eigenvalue weighted by molar-refractivity contribution is -0.127. The molecular weight excluding hydrogens is 396 g/mol. The van der Waals surface area contributed by atoms with Crippen LogP contribution in [0.5, 0.6) is 5.75 Å². The van der Waals surface area contributed by atoms with E-state index in [0.717, 1.165) is 11.1 Å². The molecule has 0 N–H and O–H groups in total. The summed E-state index contributed by atoms with van der Waals surface area (Å²) in [6.07, 6.45) is 2.64. The Bertz CT molecular complexity index is 960. The third kappa shape index (κ3) is 5.94. The zero-order valence-electron chi connectivity index (χ0n) is 17.7. The molecule has 0 atom stereocenters. The minimum atomic E-state index is -0.779. The monoisotopic (exact) mass is 422 g/mol. The van der Waals surface area contributed by atoms with Gasteiger partial charge in [-0.3, -0.25) is 9.59 Å².